The van der Waals surface area contributed by atoms with E-state index < -0.39 is 83.4 Å². The number of likely N-dealkylation sites (N-methyl/N-ethyl adjacent to an activating group) is 1. The number of halogens is 1. The quantitative estimate of drug-likeness (QED) is 0.115. The van der Waals surface area contributed by atoms with Crippen LogP contribution < -0.4 is 0 Å². The van der Waals surface area contributed by atoms with E-state index in [0.29, 0.717) is 37.5 Å². The SMILES string of the molecule is CC[C@H]1OC(=O)[C@H](C)C(=O)[C@H](C)[C@@H](OC2O[C@H](C)C[C@H](N(C)C)[C@H]2O)[C@@](C)(OC)C[C@@H](C)C(=O)[C@H](C)[C@@H]2N(CCCCn3cnc(-c4ccc(Cl)nc4)c3)C(=O)O[C@@]21CC. The second kappa shape index (κ2) is 19.7. The second-order valence-corrected chi connectivity index (χ2v) is 18.0. The number of ether oxygens (including phenoxy) is 5. The molecule has 5 rings (SSSR count). The Hall–Kier alpha value is -3.47. The number of ketones is 2. The molecule has 60 heavy (non-hydrogen) atoms. The third-order valence-electron chi connectivity index (χ3n) is 13.2. The number of carbonyl (C=O) groups excluding carboxylic acids is 4. The molecule has 16 heteroatoms. The molecular formula is C44H66ClN5O10. The van der Waals surface area contributed by atoms with Crippen LogP contribution in [0.5, 0.6) is 0 Å². The van der Waals surface area contributed by atoms with E-state index in [9.17, 15) is 24.3 Å². The van der Waals surface area contributed by atoms with Crippen molar-refractivity contribution in [2.45, 2.75) is 154 Å². The largest absolute Gasteiger partial charge is 0.457 e. The normalized spacial score (nSPS) is 35.9. The topological polar surface area (TPSA) is 172 Å². The molecule has 5 heterocycles. The number of fused-ring (bicyclic) bond motifs is 1. The number of rotatable bonds is 12. The van der Waals surface area contributed by atoms with E-state index in [-0.39, 0.29) is 37.2 Å². The number of carbonyl (C=O) groups is 4. The van der Waals surface area contributed by atoms with Crippen LogP contribution in [-0.4, -0.2) is 135 Å². The van der Waals surface area contributed by atoms with Gasteiger partial charge in [0, 0.05) is 62.0 Å². The van der Waals surface area contributed by atoms with Crippen molar-refractivity contribution in [1.82, 2.24) is 24.3 Å². The predicted molar refractivity (Wildman–Crippen MR) is 224 cm³/mol. The van der Waals surface area contributed by atoms with Gasteiger partial charge in [-0.1, -0.05) is 46.2 Å². The number of cyclic esters (lactones) is 1. The van der Waals surface area contributed by atoms with Crippen molar-refractivity contribution in [2.75, 3.05) is 27.7 Å². The average molecular weight is 860 g/mol. The van der Waals surface area contributed by atoms with Gasteiger partial charge in [0.2, 0.25) is 0 Å². The molecule has 2 aromatic rings. The zero-order valence-corrected chi connectivity index (χ0v) is 37.9. The molecule has 2 aromatic heterocycles. The van der Waals surface area contributed by atoms with Crippen LogP contribution in [0.15, 0.2) is 30.9 Å². The van der Waals surface area contributed by atoms with Gasteiger partial charge in [0.25, 0.3) is 0 Å². The van der Waals surface area contributed by atoms with Crippen LogP contribution in [0.2, 0.25) is 5.15 Å². The first-order chi connectivity index (χ1) is 28.3. The molecule has 0 aromatic carbocycles. The van der Waals surface area contributed by atoms with Gasteiger partial charge in [0.1, 0.15) is 29.1 Å². The first kappa shape index (κ1) is 47.6. The van der Waals surface area contributed by atoms with Crippen molar-refractivity contribution in [2.24, 2.45) is 23.7 Å². The molecule has 3 fully saturated rings. The summed E-state index contributed by atoms with van der Waals surface area (Å²) in [4.78, 5) is 69.5. The van der Waals surface area contributed by atoms with Crippen LogP contribution in [-0.2, 0) is 44.6 Å². The molecule has 0 saturated carbocycles. The molecule has 0 bridgehead atoms. The Bertz CT molecular complexity index is 1810. The molecule has 3 aliphatic rings. The number of hydrogen-bond donors (Lipinski definition) is 1. The Balaban J connectivity index is 1.45. The van der Waals surface area contributed by atoms with Gasteiger partial charge in [-0.15, -0.1) is 0 Å². The molecule has 0 aliphatic carbocycles. The number of methoxy groups -OCH3 is 1. The molecule has 334 valence electrons. The number of unbranched alkanes of at least 4 members (excludes halogenated alkanes) is 1. The lowest BCUT2D eigenvalue weighted by Crippen LogP contribution is -2.61. The van der Waals surface area contributed by atoms with Crippen molar-refractivity contribution >= 4 is 35.2 Å². The minimum absolute atomic E-state index is 0.125. The molecule has 0 spiro atoms. The van der Waals surface area contributed by atoms with Crippen molar-refractivity contribution in [3.05, 3.63) is 36.0 Å². The number of aliphatic hydroxyl groups is 1. The Labute approximate surface area is 359 Å². The standard InChI is InChI=1S/C44H66ClN5O10/c1-12-33-44(13-2)38(50(42(55)60-44)19-15-14-18-49-23-31(47-24-49)30-16-17-34(45)46-22-30)27(5)35(51)25(3)21-43(8,56-11)39(28(6)36(52)29(7)40(54)58-33)59-41-37(53)32(48(9)10)20-26(4)57-41/h16-17,22-29,32-33,37-39,41,53H,12-15,18-21H2,1-11H3/t25-,26-,27+,28+,29-,32+,33-,37-,38+,39-,41?,43+,44-/m1/s1. The highest BCUT2D eigenvalue weighted by Gasteiger charge is 2.62. The molecule has 3 aliphatic heterocycles. The lowest BCUT2D eigenvalue weighted by Gasteiger charge is -2.47. The lowest BCUT2D eigenvalue weighted by molar-refractivity contribution is -0.295. The predicted octanol–water partition coefficient (Wildman–Crippen LogP) is 5.97. The first-order valence-corrected chi connectivity index (χ1v) is 21.8. The Morgan fingerprint density at radius 3 is 2.32 bits per heavy atom. The second-order valence-electron chi connectivity index (χ2n) is 17.6. The Kier molecular flexibility index (Phi) is 15.6. The molecule has 1 N–H and O–H groups in total. The number of Topliss-reactive ketones (excluding diaryl/α,β-unsaturated/α-hetero) is 2. The van der Waals surface area contributed by atoms with Crippen LogP contribution in [0.3, 0.4) is 0 Å². The van der Waals surface area contributed by atoms with Gasteiger partial charge in [0.05, 0.1) is 35.9 Å². The van der Waals surface area contributed by atoms with Crippen LogP contribution in [0.1, 0.15) is 93.9 Å². The third kappa shape index (κ3) is 9.76. The number of amides is 1. The fourth-order valence-corrected chi connectivity index (χ4v) is 9.84. The van der Waals surface area contributed by atoms with Crippen LogP contribution in [0.4, 0.5) is 4.79 Å². The summed E-state index contributed by atoms with van der Waals surface area (Å²) in [6.45, 7) is 15.1. The highest BCUT2D eigenvalue weighted by molar-refractivity contribution is 6.29. The van der Waals surface area contributed by atoms with Gasteiger partial charge in [-0.25, -0.2) is 14.8 Å². The summed E-state index contributed by atoms with van der Waals surface area (Å²) in [6.07, 6.45) is 2.81. The summed E-state index contributed by atoms with van der Waals surface area (Å²) in [5, 5.41) is 11.9. The van der Waals surface area contributed by atoms with E-state index in [1.165, 1.54) is 14.0 Å². The monoisotopic (exact) mass is 859 g/mol. The fourth-order valence-electron chi connectivity index (χ4n) is 9.73. The smallest absolute Gasteiger partial charge is 0.410 e. The number of esters is 1. The van der Waals surface area contributed by atoms with Crippen molar-refractivity contribution in [3.8, 4) is 11.3 Å². The summed E-state index contributed by atoms with van der Waals surface area (Å²) < 4.78 is 33.5. The zero-order chi connectivity index (χ0) is 44.3. The summed E-state index contributed by atoms with van der Waals surface area (Å²) in [5.74, 6) is -4.97. The van der Waals surface area contributed by atoms with Gasteiger partial charge in [-0.05, 0) is 85.5 Å². The lowest BCUT2D eigenvalue weighted by atomic mass is 9.72. The number of hydrogen-bond acceptors (Lipinski definition) is 13. The summed E-state index contributed by atoms with van der Waals surface area (Å²) >= 11 is 5.96. The van der Waals surface area contributed by atoms with Gasteiger partial charge in [0.15, 0.2) is 17.7 Å². The van der Waals surface area contributed by atoms with Crippen molar-refractivity contribution in [1.29, 1.82) is 0 Å². The molecule has 15 nitrogen and oxygen atoms in total. The van der Waals surface area contributed by atoms with Crippen molar-refractivity contribution in [3.63, 3.8) is 0 Å². The minimum Gasteiger partial charge on any atom is -0.457 e. The molecule has 0 radical (unpaired) electrons. The van der Waals surface area contributed by atoms with E-state index in [4.69, 9.17) is 35.3 Å². The van der Waals surface area contributed by atoms with Gasteiger partial charge < -0.3 is 43.2 Å². The fraction of sp³-hybridized carbons (Fsp3) is 0.727. The van der Waals surface area contributed by atoms with Crippen LogP contribution in [0, 0.1) is 23.7 Å². The van der Waals surface area contributed by atoms with Crippen LogP contribution in [0.25, 0.3) is 11.3 Å². The Morgan fingerprint density at radius 1 is 1.00 bits per heavy atom. The Morgan fingerprint density at radius 2 is 1.70 bits per heavy atom. The summed E-state index contributed by atoms with van der Waals surface area (Å²) in [5.41, 5.74) is -1.04. The molecule has 1 unspecified atom stereocenters. The van der Waals surface area contributed by atoms with Crippen molar-refractivity contribution < 1.29 is 48.0 Å². The maximum absolute atomic E-state index is 14.8. The maximum Gasteiger partial charge on any atom is 0.410 e. The van der Waals surface area contributed by atoms with Gasteiger partial charge >= 0.3 is 12.1 Å². The highest BCUT2D eigenvalue weighted by Crippen LogP contribution is 2.45. The zero-order valence-electron chi connectivity index (χ0n) is 37.1. The number of aliphatic hydroxyl groups excluding tert-OH is 1. The molecular weight excluding hydrogens is 794 g/mol. The van der Waals surface area contributed by atoms with E-state index in [0.717, 1.165) is 11.3 Å². The van der Waals surface area contributed by atoms with Crippen LogP contribution >= 0.6 is 11.6 Å². The average Bonchev–Trinajstić information content (AvgIpc) is 3.81. The number of aryl methyl sites for hydroxylation is 1. The first-order valence-electron chi connectivity index (χ1n) is 21.4. The summed E-state index contributed by atoms with van der Waals surface area (Å²) in [7, 11) is 5.24. The van der Waals surface area contributed by atoms with Gasteiger partial charge in [-0.3, -0.25) is 14.4 Å². The number of imidazole rings is 1. The number of nitrogens with zero attached hydrogens (tertiary/aromatic N) is 5. The van der Waals surface area contributed by atoms with E-state index in [1.807, 2.05) is 70.4 Å². The highest BCUT2D eigenvalue weighted by atomic mass is 35.5. The minimum atomic E-state index is -1.37. The number of aromatic nitrogens is 3. The van der Waals surface area contributed by atoms with E-state index in [1.54, 1.807) is 37.3 Å². The summed E-state index contributed by atoms with van der Waals surface area (Å²) in [6, 6.07) is 2.50. The molecule has 3 saturated heterocycles. The molecule has 13 atom stereocenters. The van der Waals surface area contributed by atoms with Gasteiger partial charge in [-0.2, -0.15) is 0 Å². The van der Waals surface area contributed by atoms with E-state index in [2.05, 4.69) is 9.97 Å². The van der Waals surface area contributed by atoms with E-state index >= 15 is 0 Å². The third-order valence-corrected chi connectivity index (χ3v) is 13.4. The molecule has 1 amide bonds. The number of pyridine rings is 1. The maximum atomic E-state index is 14.8.